The minimum absolute atomic E-state index is 0.977. The second-order valence-corrected chi connectivity index (χ2v) is 2.42. The van der Waals surface area contributed by atoms with Crippen LogP contribution in [-0.4, -0.2) is 4.98 Å². The molecule has 52 valence electrons. The highest BCUT2D eigenvalue weighted by molar-refractivity contribution is 5.46. The number of aromatic nitrogens is 1. The highest BCUT2D eigenvalue weighted by atomic mass is 14.7. The first-order valence-electron chi connectivity index (χ1n) is 3.29. The van der Waals surface area contributed by atoms with Crippen LogP contribution in [-0.2, 0) is 0 Å². The fraction of sp³-hybridized carbons (Fsp3) is 0.222. The van der Waals surface area contributed by atoms with Gasteiger partial charge < -0.3 is 0 Å². The number of hydrogen-bond donors (Lipinski definition) is 0. The summed E-state index contributed by atoms with van der Waals surface area (Å²) in [5.41, 5.74) is 3.36. The highest BCUT2D eigenvalue weighted by Crippen LogP contribution is 2.06. The van der Waals surface area contributed by atoms with Crippen LogP contribution in [0.4, 0.5) is 0 Å². The van der Waals surface area contributed by atoms with Crippen molar-refractivity contribution in [2.75, 3.05) is 0 Å². The lowest BCUT2D eigenvalue weighted by Gasteiger charge is -1.98. The van der Waals surface area contributed by atoms with Gasteiger partial charge in [-0.3, -0.25) is 4.98 Å². The first-order valence-corrected chi connectivity index (χ1v) is 3.29. The fourth-order valence-corrected chi connectivity index (χ4v) is 0.940. The molecule has 0 atom stereocenters. The number of aryl methyl sites for hydroxylation is 2. The van der Waals surface area contributed by atoms with Crippen LogP contribution in [0.3, 0.4) is 0 Å². The summed E-state index contributed by atoms with van der Waals surface area (Å²) < 4.78 is 0. The van der Waals surface area contributed by atoms with Crippen LogP contribution in [0, 0.1) is 13.8 Å². The van der Waals surface area contributed by atoms with Gasteiger partial charge in [0, 0.05) is 6.20 Å². The quantitative estimate of drug-likeness (QED) is 0.573. The van der Waals surface area contributed by atoms with Gasteiger partial charge in [-0.15, -0.1) is 0 Å². The second-order valence-electron chi connectivity index (χ2n) is 2.42. The maximum atomic E-state index is 4.18. The van der Waals surface area contributed by atoms with Gasteiger partial charge in [0.15, 0.2) is 0 Å². The molecule has 1 heteroatoms. The minimum atomic E-state index is 0.977. The molecule has 0 saturated carbocycles. The molecule has 0 aliphatic carbocycles. The van der Waals surface area contributed by atoms with Crippen LogP contribution in [0.2, 0.25) is 0 Å². The molecule has 1 rings (SSSR count). The van der Waals surface area contributed by atoms with Crippen LogP contribution < -0.4 is 0 Å². The van der Waals surface area contributed by atoms with E-state index in [1.54, 1.807) is 6.08 Å². The topological polar surface area (TPSA) is 12.9 Å². The summed E-state index contributed by atoms with van der Waals surface area (Å²) in [6.45, 7) is 7.73. The van der Waals surface area contributed by atoms with E-state index >= 15 is 0 Å². The molecule has 1 aromatic rings. The molecule has 0 aliphatic heterocycles. The summed E-state index contributed by atoms with van der Waals surface area (Å²) in [5, 5.41) is 0. The minimum Gasteiger partial charge on any atom is -0.256 e. The molecule has 0 fully saturated rings. The van der Waals surface area contributed by atoms with E-state index in [0.717, 1.165) is 5.69 Å². The molecule has 1 heterocycles. The Labute approximate surface area is 61.4 Å². The number of pyridine rings is 1. The summed E-state index contributed by atoms with van der Waals surface area (Å²) in [5.74, 6) is 0. The third-order valence-electron chi connectivity index (χ3n) is 1.45. The van der Waals surface area contributed by atoms with Crippen molar-refractivity contribution in [2.45, 2.75) is 13.8 Å². The lowest BCUT2D eigenvalue weighted by Crippen LogP contribution is -1.86. The molecule has 1 aromatic heterocycles. The first-order chi connectivity index (χ1) is 4.74. The van der Waals surface area contributed by atoms with Gasteiger partial charge in [-0.05, 0) is 31.1 Å². The lowest BCUT2D eigenvalue weighted by molar-refractivity contribution is 1.20. The molecule has 0 saturated heterocycles. The Balaban J connectivity index is 3.19. The van der Waals surface area contributed by atoms with Crippen LogP contribution in [0.1, 0.15) is 16.8 Å². The SMILES string of the molecule is C=Cc1ncc(C)cc1C. The summed E-state index contributed by atoms with van der Waals surface area (Å²) in [6.07, 6.45) is 3.62. The third-order valence-corrected chi connectivity index (χ3v) is 1.45. The monoisotopic (exact) mass is 133 g/mol. The van der Waals surface area contributed by atoms with Crippen molar-refractivity contribution in [3.05, 3.63) is 35.7 Å². The number of nitrogens with zero attached hydrogens (tertiary/aromatic N) is 1. The number of rotatable bonds is 1. The molecule has 0 unspecified atom stereocenters. The Kier molecular flexibility index (Phi) is 1.86. The van der Waals surface area contributed by atoms with E-state index in [2.05, 4.69) is 17.6 Å². The van der Waals surface area contributed by atoms with Crippen molar-refractivity contribution in [2.24, 2.45) is 0 Å². The highest BCUT2D eigenvalue weighted by Gasteiger charge is 1.92. The zero-order valence-corrected chi connectivity index (χ0v) is 6.39. The Morgan fingerprint density at radius 2 is 2.20 bits per heavy atom. The zero-order valence-electron chi connectivity index (χ0n) is 6.39. The normalized spacial score (nSPS) is 9.40. The molecule has 0 N–H and O–H groups in total. The fourth-order valence-electron chi connectivity index (χ4n) is 0.940. The van der Waals surface area contributed by atoms with E-state index in [9.17, 15) is 0 Å². The molecule has 0 amide bonds. The van der Waals surface area contributed by atoms with Crippen molar-refractivity contribution in [3.63, 3.8) is 0 Å². The van der Waals surface area contributed by atoms with Crippen LogP contribution in [0.25, 0.3) is 6.08 Å². The first kappa shape index (κ1) is 7.00. The Morgan fingerprint density at radius 3 is 2.70 bits per heavy atom. The standard InChI is InChI=1S/C9H11N/c1-4-9-8(3)5-7(2)6-10-9/h4-6H,1H2,2-3H3. The largest absolute Gasteiger partial charge is 0.256 e. The third kappa shape index (κ3) is 1.24. The Bertz CT molecular complexity index is 251. The van der Waals surface area contributed by atoms with Gasteiger partial charge in [0.25, 0.3) is 0 Å². The average Bonchev–Trinajstić information content (AvgIpc) is 1.88. The van der Waals surface area contributed by atoms with Crippen LogP contribution in [0.15, 0.2) is 18.8 Å². The van der Waals surface area contributed by atoms with Gasteiger partial charge in [-0.25, -0.2) is 0 Å². The molecule has 0 spiro atoms. The van der Waals surface area contributed by atoms with Gasteiger partial charge in [0.2, 0.25) is 0 Å². The predicted octanol–water partition coefficient (Wildman–Crippen LogP) is 2.34. The van der Waals surface area contributed by atoms with Crippen molar-refractivity contribution in [1.29, 1.82) is 0 Å². The smallest absolute Gasteiger partial charge is 0.0653 e. The molecule has 0 aliphatic rings. The van der Waals surface area contributed by atoms with E-state index in [1.165, 1.54) is 11.1 Å². The molecular formula is C9H11N. The van der Waals surface area contributed by atoms with E-state index in [4.69, 9.17) is 0 Å². The van der Waals surface area contributed by atoms with Gasteiger partial charge >= 0.3 is 0 Å². The van der Waals surface area contributed by atoms with Gasteiger partial charge in [-0.2, -0.15) is 0 Å². The van der Waals surface area contributed by atoms with E-state index in [1.807, 2.05) is 20.0 Å². The van der Waals surface area contributed by atoms with Crippen molar-refractivity contribution in [3.8, 4) is 0 Å². The maximum absolute atomic E-state index is 4.18. The molecule has 1 nitrogen and oxygen atoms in total. The number of hydrogen-bond acceptors (Lipinski definition) is 1. The Morgan fingerprint density at radius 1 is 1.50 bits per heavy atom. The average molecular weight is 133 g/mol. The maximum Gasteiger partial charge on any atom is 0.0653 e. The van der Waals surface area contributed by atoms with Gasteiger partial charge in [0.1, 0.15) is 0 Å². The molecular weight excluding hydrogens is 122 g/mol. The van der Waals surface area contributed by atoms with Gasteiger partial charge in [0.05, 0.1) is 5.69 Å². The predicted molar refractivity (Wildman–Crippen MR) is 43.8 cm³/mol. The van der Waals surface area contributed by atoms with Gasteiger partial charge in [-0.1, -0.05) is 12.6 Å². The molecule has 0 aromatic carbocycles. The summed E-state index contributed by atoms with van der Waals surface area (Å²) in [4.78, 5) is 4.18. The van der Waals surface area contributed by atoms with E-state index < -0.39 is 0 Å². The van der Waals surface area contributed by atoms with Crippen LogP contribution in [0.5, 0.6) is 0 Å². The molecule has 0 bridgehead atoms. The van der Waals surface area contributed by atoms with Crippen molar-refractivity contribution < 1.29 is 0 Å². The summed E-state index contributed by atoms with van der Waals surface area (Å²) in [7, 11) is 0. The van der Waals surface area contributed by atoms with Crippen LogP contribution >= 0.6 is 0 Å². The van der Waals surface area contributed by atoms with E-state index in [-0.39, 0.29) is 0 Å². The molecule has 0 radical (unpaired) electrons. The zero-order chi connectivity index (χ0) is 7.56. The lowest BCUT2D eigenvalue weighted by atomic mass is 10.2. The summed E-state index contributed by atoms with van der Waals surface area (Å²) >= 11 is 0. The molecule has 10 heavy (non-hydrogen) atoms. The Hall–Kier alpha value is -1.11. The van der Waals surface area contributed by atoms with Crippen molar-refractivity contribution >= 4 is 6.08 Å². The summed E-state index contributed by atoms with van der Waals surface area (Å²) in [6, 6.07) is 2.10. The second kappa shape index (κ2) is 2.65. The van der Waals surface area contributed by atoms with Crippen molar-refractivity contribution in [1.82, 2.24) is 4.98 Å². The van der Waals surface area contributed by atoms with E-state index in [0.29, 0.717) is 0 Å².